The maximum Gasteiger partial charge on any atom is 0.261 e. The maximum atomic E-state index is 5.21. The molecule has 18 heavy (non-hydrogen) atoms. The third kappa shape index (κ3) is 1.88. The Labute approximate surface area is 103 Å². The van der Waals surface area contributed by atoms with Crippen LogP contribution in [0.5, 0.6) is 0 Å². The highest BCUT2D eigenvalue weighted by Gasteiger charge is 2.12. The van der Waals surface area contributed by atoms with Gasteiger partial charge in [-0.2, -0.15) is 10.1 Å². The third-order valence-electron chi connectivity index (χ3n) is 2.52. The van der Waals surface area contributed by atoms with E-state index >= 15 is 0 Å². The van der Waals surface area contributed by atoms with Crippen LogP contribution in [0.4, 0.5) is 0 Å². The lowest BCUT2D eigenvalue weighted by Crippen LogP contribution is -1.91. The average Bonchev–Trinajstić information content (AvgIpc) is 3.08. The van der Waals surface area contributed by atoms with Crippen molar-refractivity contribution in [2.75, 3.05) is 0 Å². The first-order valence-electron chi connectivity index (χ1n) is 5.65. The molecule has 0 saturated heterocycles. The molecule has 3 aromatic heterocycles. The molecular formula is C12H11N5O. The van der Waals surface area contributed by atoms with E-state index < -0.39 is 0 Å². The zero-order valence-electron chi connectivity index (χ0n) is 9.82. The minimum atomic E-state index is 0.454. The highest BCUT2D eigenvalue weighted by atomic mass is 16.5. The van der Waals surface area contributed by atoms with Crippen LogP contribution >= 0.6 is 0 Å². The first-order chi connectivity index (χ1) is 8.86. The predicted octanol–water partition coefficient (Wildman–Crippen LogP) is 2.01. The van der Waals surface area contributed by atoms with Crippen LogP contribution in [0.2, 0.25) is 0 Å². The SMILES string of the molecule is CCn1cc(-c2nc(-c3ccccn3)no2)cn1. The van der Waals surface area contributed by atoms with Gasteiger partial charge >= 0.3 is 0 Å². The number of pyridine rings is 1. The van der Waals surface area contributed by atoms with Crippen LogP contribution in [0, 0.1) is 0 Å². The van der Waals surface area contributed by atoms with Gasteiger partial charge in [0.25, 0.3) is 5.89 Å². The number of rotatable bonds is 3. The van der Waals surface area contributed by atoms with Gasteiger partial charge in [0.15, 0.2) is 0 Å². The van der Waals surface area contributed by atoms with Crippen molar-refractivity contribution < 1.29 is 4.52 Å². The van der Waals surface area contributed by atoms with Crippen LogP contribution in [0.15, 0.2) is 41.3 Å². The number of hydrogen-bond donors (Lipinski definition) is 0. The second-order valence-corrected chi connectivity index (χ2v) is 3.72. The molecule has 0 fully saturated rings. The van der Waals surface area contributed by atoms with Crippen molar-refractivity contribution in [3.05, 3.63) is 36.8 Å². The molecule has 3 aromatic rings. The minimum Gasteiger partial charge on any atom is -0.333 e. The van der Waals surface area contributed by atoms with E-state index in [2.05, 4.69) is 20.2 Å². The van der Waals surface area contributed by atoms with Crippen molar-refractivity contribution in [3.63, 3.8) is 0 Å². The molecule has 0 aliphatic heterocycles. The summed E-state index contributed by atoms with van der Waals surface area (Å²) in [6.07, 6.45) is 5.27. The molecule has 0 radical (unpaired) electrons. The normalized spacial score (nSPS) is 10.7. The van der Waals surface area contributed by atoms with E-state index in [-0.39, 0.29) is 0 Å². The molecule has 6 nitrogen and oxygen atoms in total. The summed E-state index contributed by atoms with van der Waals surface area (Å²) in [5, 5.41) is 8.08. The highest BCUT2D eigenvalue weighted by Crippen LogP contribution is 2.20. The number of aromatic nitrogens is 5. The molecule has 3 rings (SSSR count). The summed E-state index contributed by atoms with van der Waals surface area (Å²) in [6.45, 7) is 2.82. The molecule has 6 heteroatoms. The lowest BCUT2D eigenvalue weighted by Gasteiger charge is -1.90. The second-order valence-electron chi connectivity index (χ2n) is 3.72. The molecule has 90 valence electrons. The van der Waals surface area contributed by atoms with E-state index in [0.717, 1.165) is 12.1 Å². The molecule has 0 aliphatic carbocycles. The summed E-state index contributed by atoms with van der Waals surface area (Å²) < 4.78 is 7.01. The molecule has 0 N–H and O–H groups in total. The van der Waals surface area contributed by atoms with Gasteiger partial charge in [-0.05, 0) is 19.1 Å². The summed E-state index contributed by atoms with van der Waals surface area (Å²) >= 11 is 0. The van der Waals surface area contributed by atoms with Crippen molar-refractivity contribution in [3.8, 4) is 23.0 Å². The van der Waals surface area contributed by atoms with Gasteiger partial charge in [-0.25, -0.2) is 0 Å². The van der Waals surface area contributed by atoms with E-state index in [9.17, 15) is 0 Å². The molecular weight excluding hydrogens is 230 g/mol. The Balaban J connectivity index is 1.94. The van der Waals surface area contributed by atoms with Crippen molar-refractivity contribution in [2.24, 2.45) is 0 Å². The molecule has 0 bridgehead atoms. The van der Waals surface area contributed by atoms with Crippen molar-refractivity contribution >= 4 is 0 Å². The van der Waals surface area contributed by atoms with Gasteiger partial charge in [0.2, 0.25) is 5.82 Å². The molecule has 0 atom stereocenters. The van der Waals surface area contributed by atoms with Gasteiger partial charge in [0.1, 0.15) is 5.69 Å². The van der Waals surface area contributed by atoms with Gasteiger partial charge in [-0.3, -0.25) is 9.67 Å². The lowest BCUT2D eigenvalue weighted by atomic mass is 10.3. The summed E-state index contributed by atoms with van der Waals surface area (Å²) in [4.78, 5) is 8.48. The Morgan fingerprint density at radius 3 is 3.00 bits per heavy atom. The van der Waals surface area contributed by atoms with Crippen molar-refractivity contribution in [1.29, 1.82) is 0 Å². The average molecular weight is 241 g/mol. The van der Waals surface area contributed by atoms with E-state index in [1.165, 1.54) is 0 Å². The largest absolute Gasteiger partial charge is 0.333 e. The smallest absolute Gasteiger partial charge is 0.261 e. The van der Waals surface area contributed by atoms with Crippen LogP contribution in [-0.2, 0) is 6.54 Å². The standard InChI is InChI=1S/C12H11N5O/c1-2-17-8-9(7-14-17)12-15-11(16-18-12)10-5-3-4-6-13-10/h3-8H,2H2,1H3. The Hall–Kier alpha value is -2.50. The topological polar surface area (TPSA) is 69.6 Å². The molecule has 0 saturated carbocycles. The summed E-state index contributed by atoms with van der Waals surface area (Å²) in [6, 6.07) is 5.56. The summed E-state index contributed by atoms with van der Waals surface area (Å²) in [5.41, 5.74) is 1.50. The van der Waals surface area contributed by atoms with E-state index in [1.807, 2.05) is 31.3 Å². The van der Waals surface area contributed by atoms with Gasteiger partial charge < -0.3 is 4.52 Å². The quantitative estimate of drug-likeness (QED) is 0.701. The zero-order valence-corrected chi connectivity index (χ0v) is 9.82. The number of aryl methyl sites for hydroxylation is 1. The Bertz CT molecular complexity index is 643. The fraction of sp³-hybridized carbons (Fsp3) is 0.167. The summed E-state index contributed by atoms with van der Waals surface area (Å²) in [5.74, 6) is 0.935. The molecule has 0 unspecified atom stereocenters. The molecule has 0 amide bonds. The van der Waals surface area contributed by atoms with E-state index in [0.29, 0.717) is 17.4 Å². The van der Waals surface area contributed by atoms with Crippen LogP contribution < -0.4 is 0 Å². The van der Waals surface area contributed by atoms with E-state index in [4.69, 9.17) is 4.52 Å². The number of hydrogen-bond acceptors (Lipinski definition) is 5. The van der Waals surface area contributed by atoms with E-state index in [1.54, 1.807) is 17.1 Å². The highest BCUT2D eigenvalue weighted by molar-refractivity contribution is 5.55. The van der Waals surface area contributed by atoms with Crippen LogP contribution in [-0.4, -0.2) is 24.9 Å². The Morgan fingerprint density at radius 2 is 2.28 bits per heavy atom. The zero-order chi connectivity index (χ0) is 12.4. The van der Waals surface area contributed by atoms with Gasteiger partial charge in [0, 0.05) is 18.9 Å². The fourth-order valence-electron chi connectivity index (χ4n) is 1.59. The van der Waals surface area contributed by atoms with Crippen LogP contribution in [0.1, 0.15) is 6.92 Å². The van der Waals surface area contributed by atoms with Gasteiger partial charge in [-0.15, -0.1) is 0 Å². The molecule has 0 aliphatic rings. The Morgan fingerprint density at radius 1 is 1.33 bits per heavy atom. The molecule has 0 aromatic carbocycles. The lowest BCUT2D eigenvalue weighted by molar-refractivity contribution is 0.432. The van der Waals surface area contributed by atoms with Gasteiger partial charge in [-0.1, -0.05) is 11.2 Å². The van der Waals surface area contributed by atoms with Crippen LogP contribution in [0.25, 0.3) is 23.0 Å². The van der Waals surface area contributed by atoms with Gasteiger partial charge in [0.05, 0.1) is 11.8 Å². The van der Waals surface area contributed by atoms with Crippen molar-refractivity contribution in [2.45, 2.75) is 13.5 Å². The fourth-order valence-corrected chi connectivity index (χ4v) is 1.59. The molecule has 3 heterocycles. The second kappa shape index (κ2) is 4.40. The number of nitrogens with zero attached hydrogens (tertiary/aromatic N) is 5. The molecule has 0 spiro atoms. The monoisotopic (exact) mass is 241 g/mol. The predicted molar refractivity (Wildman–Crippen MR) is 64.4 cm³/mol. The van der Waals surface area contributed by atoms with Crippen molar-refractivity contribution in [1.82, 2.24) is 24.9 Å². The third-order valence-corrected chi connectivity index (χ3v) is 2.52. The first kappa shape index (κ1) is 10.6. The van der Waals surface area contributed by atoms with Crippen LogP contribution in [0.3, 0.4) is 0 Å². The maximum absolute atomic E-state index is 5.21. The first-order valence-corrected chi connectivity index (χ1v) is 5.65. The Kier molecular flexibility index (Phi) is 2.60. The minimum absolute atomic E-state index is 0.454. The summed E-state index contributed by atoms with van der Waals surface area (Å²) in [7, 11) is 0.